The summed E-state index contributed by atoms with van der Waals surface area (Å²) >= 11 is 0. The summed E-state index contributed by atoms with van der Waals surface area (Å²) in [7, 11) is 0. The van der Waals surface area contributed by atoms with Crippen molar-refractivity contribution in [3.63, 3.8) is 0 Å². The van der Waals surface area contributed by atoms with Gasteiger partial charge in [-0.05, 0) is 43.2 Å². The summed E-state index contributed by atoms with van der Waals surface area (Å²) in [6.07, 6.45) is 0.994. The monoisotopic (exact) mass is 346 g/mol. The molecule has 132 valence electrons. The highest BCUT2D eigenvalue weighted by Gasteiger charge is 2.15. The third-order valence-corrected chi connectivity index (χ3v) is 4.70. The Morgan fingerprint density at radius 3 is 2.58 bits per heavy atom. The largest absolute Gasteiger partial charge is 0.309 e. The van der Waals surface area contributed by atoms with Crippen LogP contribution in [0.4, 0.5) is 0 Å². The molecule has 0 radical (unpaired) electrons. The van der Waals surface area contributed by atoms with E-state index in [0.29, 0.717) is 34.9 Å². The van der Waals surface area contributed by atoms with Gasteiger partial charge in [-0.3, -0.25) is 9.69 Å². The number of H-pyrrole nitrogens is 1. The first-order valence-corrected chi connectivity index (χ1v) is 8.81. The number of rotatable bonds is 6. The molecule has 5 nitrogen and oxygen atoms in total. The fraction of sp³-hybridized carbons (Fsp3) is 0.286. The molecule has 1 atom stereocenters. The van der Waals surface area contributed by atoms with Crippen LogP contribution in [-0.2, 0) is 13.1 Å². The number of nitrogens with one attached hydrogen (secondary N) is 1. The second kappa shape index (κ2) is 7.94. The van der Waals surface area contributed by atoms with Crippen LogP contribution in [0.25, 0.3) is 10.9 Å². The Morgan fingerprint density at radius 2 is 1.88 bits per heavy atom. The first-order valence-electron chi connectivity index (χ1n) is 8.81. The Morgan fingerprint density at radius 1 is 1.15 bits per heavy atom. The molecule has 3 aromatic rings. The molecule has 1 aromatic heterocycles. The lowest BCUT2D eigenvalue weighted by Gasteiger charge is -2.28. The lowest BCUT2D eigenvalue weighted by Crippen LogP contribution is -2.33. The molecule has 0 spiro atoms. The zero-order chi connectivity index (χ0) is 18.5. The van der Waals surface area contributed by atoms with E-state index in [9.17, 15) is 4.79 Å². The number of hydrogen-bond donors (Lipinski definition) is 1. The maximum absolute atomic E-state index is 12.3. The van der Waals surface area contributed by atoms with E-state index in [1.807, 2.05) is 42.5 Å². The van der Waals surface area contributed by atoms with Crippen molar-refractivity contribution in [3.05, 3.63) is 75.8 Å². The van der Waals surface area contributed by atoms with Crippen LogP contribution in [0.2, 0.25) is 0 Å². The van der Waals surface area contributed by atoms with Crippen LogP contribution >= 0.6 is 0 Å². The van der Waals surface area contributed by atoms with Crippen LogP contribution in [-0.4, -0.2) is 20.9 Å². The van der Waals surface area contributed by atoms with Crippen LogP contribution in [0, 0.1) is 11.3 Å². The van der Waals surface area contributed by atoms with Crippen molar-refractivity contribution in [1.29, 1.82) is 5.26 Å². The predicted molar refractivity (Wildman–Crippen MR) is 103 cm³/mol. The van der Waals surface area contributed by atoms with Crippen molar-refractivity contribution in [2.45, 2.75) is 39.4 Å². The van der Waals surface area contributed by atoms with Crippen LogP contribution in [0.5, 0.6) is 0 Å². The summed E-state index contributed by atoms with van der Waals surface area (Å²) in [6, 6.07) is 17.5. The Balaban J connectivity index is 1.86. The molecule has 0 saturated heterocycles. The zero-order valence-electron chi connectivity index (χ0n) is 15.1. The highest BCUT2D eigenvalue weighted by molar-refractivity contribution is 5.77. The molecule has 2 aromatic carbocycles. The van der Waals surface area contributed by atoms with E-state index in [2.05, 4.69) is 34.8 Å². The van der Waals surface area contributed by atoms with Gasteiger partial charge in [0.2, 0.25) is 0 Å². The van der Waals surface area contributed by atoms with Gasteiger partial charge in [-0.1, -0.05) is 31.2 Å². The van der Waals surface area contributed by atoms with Crippen molar-refractivity contribution < 1.29 is 0 Å². The summed E-state index contributed by atoms with van der Waals surface area (Å²) in [5.74, 6) is 0.669. The minimum absolute atomic E-state index is 0.104. The topological polar surface area (TPSA) is 72.8 Å². The molecule has 0 saturated carbocycles. The predicted octanol–water partition coefficient (Wildman–Crippen LogP) is 3.60. The lowest BCUT2D eigenvalue weighted by molar-refractivity contribution is 0.181. The Hall–Kier alpha value is -2.97. The molecule has 1 heterocycles. The van der Waals surface area contributed by atoms with E-state index in [1.54, 1.807) is 6.07 Å². The van der Waals surface area contributed by atoms with E-state index in [4.69, 9.17) is 5.26 Å². The molecule has 0 aliphatic heterocycles. The van der Waals surface area contributed by atoms with Crippen molar-refractivity contribution in [3.8, 4) is 6.07 Å². The fourth-order valence-corrected chi connectivity index (χ4v) is 2.95. The normalized spacial score (nSPS) is 12.2. The number of nitriles is 1. The first-order chi connectivity index (χ1) is 12.6. The number of fused-ring (bicyclic) bond motifs is 1. The molecule has 1 N–H and O–H groups in total. The second-order valence-corrected chi connectivity index (χ2v) is 6.50. The Bertz CT molecular complexity index is 985. The molecule has 26 heavy (non-hydrogen) atoms. The van der Waals surface area contributed by atoms with Gasteiger partial charge >= 0.3 is 0 Å². The van der Waals surface area contributed by atoms with Gasteiger partial charge in [-0.2, -0.15) is 5.26 Å². The number of aromatic nitrogens is 2. The quantitative estimate of drug-likeness (QED) is 0.740. The van der Waals surface area contributed by atoms with Crippen LogP contribution in [0.15, 0.2) is 53.3 Å². The zero-order valence-corrected chi connectivity index (χ0v) is 15.1. The first kappa shape index (κ1) is 17.8. The van der Waals surface area contributed by atoms with Gasteiger partial charge in [0, 0.05) is 12.6 Å². The second-order valence-electron chi connectivity index (χ2n) is 6.50. The van der Waals surface area contributed by atoms with E-state index < -0.39 is 0 Å². The summed E-state index contributed by atoms with van der Waals surface area (Å²) in [4.78, 5) is 22.1. The van der Waals surface area contributed by atoms with E-state index in [0.717, 1.165) is 18.5 Å². The number of aromatic amines is 1. The van der Waals surface area contributed by atoms with Gasteiger partial charge in [0.1, 0.15) is 5.82 Å². The molecule has 0 unspecified atom stereocenters. The Labute approximate surface area is 152 Å². The number of nitrogens with zero attached hydrogens (tertiary/aromatic N) is 3. The number of benzene rings is 2. The molecule has 0 fully saturated rings. The molecule has 0 aliphatic carbocycles. The summed E-state index contributed by atoms with van der Waals surface area (Å²) in [6.45, 7) is 5.61. The van der Waals surface area contributed by atoms with Crippen LogP contribution in [0.3, 0.4) is 0 Å². The minimum atomic E-state index is -0.104. The summed E-state index contributed by atoms with van der Waals surface area (Å²) < 4.78 is 0. The van der Waals surface area contributed by atoms with Crippen LogP contribution < -0.4 is 5.56 Å². The molecule has 0 aliphatic rings. The van der Waals surface area contributed by atoms with Gasteiger partial charge in [-0.15, -0.1) is 0 Å². The van der Waals surface area contributed by atoms with Gasteiger partial charge in [0.15, 0.2) is 0 Å². The molecule has 0 amide bonds. The minimum Gasteiger partial charge on any atom is -0.309 e. The smallest absolute Gasteiger partial charge is 0.258 e. The molecule has 5 heteroatoms. The Kier molecular flexibility index (Phi) is 5.45. The van der Waals surface area contributed by atoms with E-state index in [-0.39, 0.29) is 5.56 Å². The van der Waals surface area contributed by atoms with Crippen LogP contribution in [0.1, 0.15) is 37.2 Å². The molecular formula is C21H22N4O. The van der Waals surface area contributed by atoms with Crippen molar-refractivity contribution in [2.75, 3.05) is 0 Å². The standard InChI is InChI=1S/C21H22N4O/c1-3-15(2)25(13-17-10-8-16(12-22)9-11-17)14-20-23-19-7-5-4-6-18(19)21(26)24-20/h4-11,15H,3,13-14H2,1-2H3,(H,23,24,26)/t15-/m1/s1. The highest BCUT2D eigenvalue weighted by atomic mass is 16.1. The maximum atomic E-state index is 12.3. The van der Waals surface area contributed by atoms with Gasteiger partial charge in [0.25, 0.3) is 5.56 Å². The van der Waals surface area contributed by atoms with Gasteiger partial charge in [-0.25, -0.2) is 4.98 Å². The molecule has 3 rings (SSSR count). The van der Waals surface area contributed by atoms with E-state index >= 15 is 0 Å². The van der Waals surface area contributed by atoms with Gasteiger partial charge < -0.3 is 4.98 Å². The number of hydrogen-bond acceptors (Lipinski definition) is 4. The summed E-state index contributed by atoms with van der Waals surface area (Å²) in [5, 5.41) is 9.55. The summed E-state index contributed by atoms with van der Waals surface area (Å²) in [5.41, 5.74) is 2.40. The van der Waals surface area contributed by atoms with Crippen molar-refractivity contribution in [2.24, 2.45) is 0 Å². The lowest BCUT2D eigenvalue weighted by atomic mass is 10.1. The molecule has 0 bridgehead atoms. The maximum Gasteiger partial charge on any atom is 0.258 e. The fourth-order valence-electron chi connectivity index (χ4n) is 2.95. The van der Waals surface area contributed by atoms with E-state index in [1.165, 1.54) is 0 Å². The number of para-hydroxylation sites is 1. The third-order valence-electron chi connectivity index (χ3n) is 4.70. The average Bonchev–Trinajstić information content (AvgIpc) is 2.67. The SMILES string of the molecule is CC[C@@H](C)N(Cc1ccc(C#N)cc1)Cc1nc2ccccc2c(=O)[nH]1. The van der Waals surface area contributed by atoms with Crippen molar-refractivity contribution >= 4 is 10.9 Å². The highest BCUT2D eigenvalue weighted by Crippen LogP contribution is 2.15. The van der Waals surface area contributed by atoms with Crippen molar-refractivity contribution in [1.82, 2.24) is 14.9 Å². The van der Waals surface area contributed by atoms with Gasteiger partial charge in [0.05, 0.1) is 29.1 Å². The average molecular weight is 346 g/mol. The third kappa shape index (κ3) is 3.98. The molecular weight excluding hydrogens is 324 g/mol.